The summed E-state index contributed by atoms with van der Waals surface area (Å²) in [6, 6.07) is 10.3. The number of aliphatic hydroxyl groups excluding tert-OH is 1. The number of aromatic nitrogens is 6. The van der Waals surface area contributed by atoms with Crippen LogP contribution in [-0.4, -0.2) is 45.7 Å². The van der Waals surface area contributed by atoms with Gasteiger partial charge in [-0.05, 0) is 25.1 Å². The van der Waals surface area contributed by atoms with Crippen LogP contribution in [0.1, 0.15) is 34.4 Å². The molecule has 0 fully saturated rings. The Balaban J connectivity index is 1.28. The van der Waals surface area contributed by atoms with Crippen molar-refractivity contribution < 1.29 is 5.11 Å². The predicted octanol–water partition coefficient (Wildman–Crippen LogP) is 2.21. The minimum Gasteiger partial charge on any atom is -0.379 e. The molecule has 1 N–H and O–H groups in total. The van der Waals surface area contributed by atoms with Crippen molar-refractivity contribution in [3.05, 3.63) is 83.5 Å². The van der Waals surface area contributed by atoms with Crippen molar-refractivity contribution >= 4 is 0 Å². The van der Waals surface area contributed by atoms with E-state index in [4.69, 9.17) is 0 Å². The van der Waals surface area contributed by atoms with E-state index in [2.05, 4.69) is 57.5 Å². The SMILES string of the molecule is Cc1ccc(-n2cc(CN3CCn4nc([C@@H](O)c5nccn5C)cc4C3)cn2)cc1. The van der Waals surface area contributed by atoms with Gasteiger partial charge in [-0.15, -0.1) is 0 Å². The second kappa shape index (κ2) is 7.55. The van der Waals surface area contributed by atoms with Crippen LogP contribution in [0.5, 0.6) is 0 Å². The lowest BCUT2D eigenvalue weighted by Crippen LogP contribution is -2.33. The summed E-state index contributed by atoms with van der Waals surface area (Å²) in [5, 5.41) is 19.8. The molecule has 1 aliphatic rings. The van der Waals surface area contributed by atoms with Gasteiger partial charge >= 0.3 is 0 Å². The lowest BCUT2D eigenvalue weighted by molar-refractivity contribution is 0.194. The fraction of sp³-hybridized carbons (Fsp3) is 0.318. The highest BCUT2D eigenvalue weighted by atomic mass is 16.3. The average molecular weight is 403 g/mol. The zero-order valence-electron chi connectivity index (χ0n) is 17.2. The van der Waals surface area contributed by atoms with Gasteiger partial charge in [0.1, 0.15) is 5.82 Å². The van der Waals surface area contributed by atoms with E-state index in [0.29, 0.717) is 11.5 Å². The molecule has 154 valence electrons. The van der Waals surface area contributed by atoms with Gasteiger partial charge in [-0.25, -0.2) is 9.67 Å². The summed E-state index contributed by atoms with van der Waals surface area (Å²) in [5.74, 6) is 0.603. The second-order valence-corrected chi connectivity index (χ2v) is 7.92. The highest BCUT2D eigenvalue weighted by molar-refractivity contribution is 5.34. The molecule has 0 amide bonds. The molecule has 8 nitrogen and oxygen atoms in total. The van der Waals surface area contributed by atoms with Crippen LogP contribution in [0, 0.1) is 6.92 Å². The largest absolute Gasteiger partial charge is 0.379 e. The van der Waals surface area contributed by atoms with E-state index in [9.17, 15) is 5.11 Å². The van der Waals surface area contributed by atoms with Crippen LogP contribution in [0.4, 0.5) is 0 Å². The first-order valence-corrected chi connectivity index (χ1v) is 10.1. The van der Waals surface area contributed by atoms with Crippen molar-refractivity contribution in [3.8, 4) is 5.69 Å². The molecule has 30 heavy (non-hydrogen) atoms. The van der Waals surface area contributed by atoms with Crippen molar-refractivity contribution in [1.82, 2.24) is 34.0 Å². The lowest BCUT2D eigenvalue weighted by Gasteiger charge is -2.26. The van der Waals surface area contributed by atoms with E-state index in [-0.39, 0.29) is 0 Å². The van der Waals surface area contributed by atoms with Crippen LogP contribution in [0.15, 0.2) is 55.1 Å². The Labute approximate surface area is 175 Å². The molecule has 1 aromatic carbocycles. The van der Waals surface area contributed by atoms with Crippen molar-refractivity contribution in [1.29, 1.82) is 0 Å². The third kappa shape index (κ3) is 3.55. The summed E-state index contributed by atoms with van der Waals surface area (Å²) >= 11 is 0. The molecule has 0 spiro atoms. The van der Waals surface area contributed by atoms with E-state index in [1.165, 1.54) is 11.1 Å². The fourth-order valence-corrected chi connectivity index (χ4v) is 3.92. The molecule has 3 aromatic heterocycles. The third-order valence-electron chi connectivity index (χ3n) is 5.62. The minimum atomic E-state index is -0.815. The fourth-order valence-electron chi connectivity index (χ4n) is 3.92. The third-order valence-corrected chi connectivity index (χ3v) is 5.62. The Morgan fingerprint density at radius 3 is 2.77 bits per heavy atom. The molecule has 0 radical (unpaired) electrons. The van der Waals surface area contributed by atoms with E-state index < -0.39 is 6.10 Å². The van der Waals surface area contributed by atoms with Gasteiger partial charge in [0, 0.05) is 50.8 Å². The zero-order valence-corrected chi connectivity index (χ0v) is 17.2. The monoisotopic (exact) mass is 403 g/mol. The number of hydrogen-bond donors (Lipinski definition) is 1. The number of benzene rings is 1. The number of imidazole rings is 1. The standard InChI is InChI=1S/C22H25N7O/c1-16-3-5-18(6-4-16)29-14-17(12-24-29)13-27-9-10-28-19(15-27)11-20(25-28)21(30)22-23-7-8-26(22)2/h3-8,11-12,14,21,30H,9-10,13,15H2,1-2H3/t21-/m1/s1. The van der Waals surface area contributed by atoms with Gasteiger partial charge in [0.25, 0.3) is 0 Å². The Bertz CT molecular complexity index is 1150. The molecule has 8 heteroatoms. The first-order chi connectivity index (χ1) is 14.6. The van der Waals surface area contributed by atoms with Gasteiger partial charge in [-0.1, -0.05) is 17.7 Å². The predicted molar refractivity (Wildman–Crippen MR) is 112 cm³/mol. The first kappa shape index (κ1) is 18.8. The maximum absolute atomic E-state index is 10.7. The summed E-state index contributed by atoms with van der Waals surface area (Å²) in [6.45, 7) is 5.40. The lowest BCUT2D eigenvalue weighted by atomic mass is 10.2. The zero-order chi connectivity index (χ0) is 20.7. The summed E-state index contributed by atoms with van der Waals surface area (Å²) < 4.78 is 5.74. The van der Waals surface area contributed by atoms with Crippen molar-refractivity contribution in [2.45, 2.75) is 32.7 Å². The van der Waals surface area contributed by atoms with Gasteiger partial charge in [0.15, 0.2) is 6.10 Å². The van der Waals surface area contributed by atoms with E-state index in [0.717, 1.165) is 37.6 Å². The van der Waals surface area contributed by atoms with E-state index in [1.54, 1.807) is 6.20 Å². The molecule has 1 aliphatic heterocycles. The summed E-state index contributed by atoms with van der Waals surface area (Å²) in [4.78, 5) is 6.62. The Kier molecular flexibility index (Phi) is 4.72. The van der Waals surface area contributed by atoms with Crippen LogP contribution in [0.3, 0.4) is 0 Å². The van der Waals surface area contributed by atoms with E-state index in [1.807, 2.05) is 39.4 Å². The number of aryl methyl sites for hydroxylation is 2. The van der Waals surface area contributed by atoms with E-state index >= 15 is 0 Å². The number of nitrogens with zero attached hydrogens (tertiary/aromatic N) is 7. The Morgan fingerprint density at radius 1 is 1.17 bits per heavy atom. The van der Waals surface area contributed by atoms with Gasteiger partial charge in [0.05, 0.1) is 29.8 Å². The molecular weight excluding hydrogens is 378 g/mol. The second-order valence-electron chi connectivity index (χ2n) is 7.92. The van der Waals surface area contributed by atoms with Crippen molar-refractivity contribution in [2.24, 2.45) is 7.05 Å². The van der Waals surface area contributed by atoms with Crippen LogP contribution in [-0.2, 0) is 26.7 Å². The van der Waals surface area contributed by atoms with Crippen molar-refractivity contribution in [2.75, 3.05) is 6.54 Å². The minimum absolute atomic E-state index is 0.603. The maximum Gasteiger partial charge on any atom is 0.155 e. The van der Waals surface area contributed by atoms with Gasteiger partial charge in [-0.3, -0.25) is 9.58 Å². The quantitative estimate of drug-likeness (QED) is 0.553. The van der Waals surface area contributed by atoms with Crippen LogP contribution in [0.25, 0.3) is 5.69 Å². The molecule has 0 aliphatic carbocycles. The Morgan fingerprint density at radius 2 is 2.00 bits per heavy atom. The van der Waals surface area contributed by atoms with Gasteiger partial charge in [0.2, 0.25) is 0 Å². The molecule has 4 heterocycles. The van der Waals surface area contributed by atoms with Crippen LogP contribution in [0.2, 0.25) is 0 Å². The molecular formula is C22H25N7O. The molecule has 0 unspecified atom stereocenters. The maximum atomic E-state index is 10.7. The highest BCUT2D eigenvalue weighted by Gasteiger charge is 2.24. The number of fused-ring (bicyclic) bond motifs is 1. The van der Waals surface area contributed by atoms with Gasteiger partial charge < -0.3 is 9.67 Å². The summed E-state index contributed by atoms with van der Waals surface area (Å²) in [6.07, 6.45) is 6.72. The smallest absolute Gasteiger partial charge is 0.155 e. The number of aliphatic hydroxyl groups is 1. The van der Waals surface area contributed by atoms with Crippen LogP contribution >= 0.6 is 0 Å². The summed E-state index contributed by atoms with van der Waals surface area (Å²) in [7, 11) is 1.88. The summed E-state index contributed by atoms with van der Waals surface area (Å²) in [5.41, 5.74) is 5.24. The number of hydrogen-bond acceptors (Lipinski definition) is 5. The molecule has 5 rings (SSSR count). The van der Waals surface area contributed by atoms with Crippen LogP contribution < -0.4 is 0 Å². The average Bonchev–Trinajstić information content (AvgIpc) is 3.47. The first-order valence-electron chi connectivity index (χ1n) is 10.1. The molecule has 4 aromatic rings. The Hall–Kier alpha value is -3.23. The molecule has 0 bridgehead atoms. The molecule has 0 saturated carbocycles. The normalized spacial score (nSPS) is 15.3. The molecule has 1 atom stereocenters. The number of rotatable bonds is 5. The molecule has 0 saturated heterocycles. The van der Waals surface area contributed by atoms with Crippen molar-refractivity contribution in [3.63, 3.8) is 0 Å². The highest BCUT2D eigenvalue weighted by Crippen LogP contribution is 2.23. The van der Waals surface area contributed by atoms with Gasteiger partial charge in [-0.2, -0.15) is 10.2 Å². The topological polar surface area (TPSA) is 76.9 Å².